The van der Waals surface area contributed by atoms with Gasteiger partial charge in [-0.15, -0.1) is 0 Å². The van der Waals surface area contributed by atoms with Crippen molar-refractivity contribution in [3.8, 4) is 17.2 Å². The Morgan fingerprint density at radius 2 is 1.53 bits per heavy atom. The van der Waals surface area contributed by atoms with Crippen LogP contribution in [0.25, 0.3) is 0 Å². The van der Waals surface area contributed by atoms with Crippen molar-refractivity contribution >= 4 is 0 Å². The Hall–Kier alpha value is -1.46. The Morgan fingerprint density at radius 1 is 1.06 bits per heavy atom. The molecule has 0 aromatic heterocycles. The van der Waals surface area contributed by atoms with E-state index in [0.717, 1.165) is 0 Å². The molecule has 0 bridgehead atoms. The van der Waals surface area contributed by atoms with Gasteiger partial charge in [-0.3, -0.25) is 0 Å². The van der Waals surface area contributed by atoms with Crippen LogP contribution in [0.15, 0.2) is 12.1 Å². The van der Waals surface area contributed by atoms with Gasteiger partial charge in [-0.25, -0.2) is 0 Å². The Morgan fingerprint density at radius 3 is 1.82 bits per heavy atom. The quantitative estimate of drug-likeness (QED) is 0.818. The van der Waals surface area contributed by atoms with Crippen molar-refractivity contribution in [2.75, 3.05) is 21.3 Å². The van der Waals surface area contributed by atoms with E-state index in [4.69, 9.17) is 14.2 Å². The first-order chi connectivity index (χ1) is 8.04. The van der Waals surface area contributed by atoms with Gasteiger partial charge in [-0.05, 0) is 24.6 Å². The maximum absolute atomic E-state index is 9.75. The molecular formula is C12H18O5. The molecule has 0 amide bonds. The molecule has 2 N–H and O–H groups in total. The molecule has 0 aliphatic carbocycles. The number of ether oxygens (including phenoxy) is 3. The van der Waals surface area contributed by atoms with Crippen LogP contribution in [-0.4, -0.2) is 37.6 Å². The smallest absolute Gasteiger partial charge is 0.200 e. The number of hydrogen-bond acceptors (Lipinski definition) is 5. The van der Waals surface area contributed by atoms with Crippen molar-refractivity contribution in [1.82, 2.24) is 0 Å². The topological polar surface area (TPSA) is 68.2 Å². The van der Waals surface area contributed by atoms with Crippen molar-refractivity contribution in [2.24, 2.45) is 0 Å². The lowest BCUT2D eigenvalue weighted by Gasteiger charge is -2.20. The van der Waals surface area contributed by atoms with E-state index in [1.165, 1.54) is 21.3 Å². The number of hydrogen-bond donors (Lipinski definition) is 2. The van der Waals surface area contributed by atoms with Crippen molar-refractivity contribution in [3.05, 3.63) is 17.7 Å². The monoisotopic (exact) mass is 242 g/mol. The third kappa shape index (κ3) is 2.81. The highest BCUT2D eigenvalue weighted by atomic mass is 16.5. The van der Waals surface area contributed by atoms with Crippen molar-refractivity contribution in [3.63, 3.8) is 0 Å². The molecule has 96 valence electrons. The number of aromatic hydroxyl groups is 1. The zero-order valence-corrected chi connectivity index (χ0v) is 10.4. The summed E-state index contributed by atoms with van der Waals surface area (Å²) in [7, 11) is 4.40. The third-order valence-corrected chi connectivity index (χ3v) is 2.52. The van der Waals surface area contributed by atoms with E-state index in [9.17, 15) is 10.2 Å². The summed E-state index contributed by atoms with van der Waals surface area (Å²) in [5, 5.41) is 19.3. The Labute approximate surface area is 101 Å². The second-order valence-electron chi connectivity index (χ2n) is 3.67. The van der Waals surface area contributed by atoms with Crippen molar-refractivity contribution < 1.29 is 24.4 Å². The van der Waals surface area contributed by atoms with Crippen LogP contribution in [0.4, 0.5) is 0 Å². The van der Waals surface area contributed by atoms with E-state index in [-0.39, 0.29) is 17.2 Å². The highest BCUT2D eigenvalue weighted by Crippen LogP contribution is 2.39. The minimum absolute atomic E-state index is 0.0702. The van der Waals surface area contributed by atoms with E-state index in [2.05, 4.69) is 0 Å². The summed E-state index contributed by atoms with van der Waals surface area (Å²) in [4.78, 5) is 0. The van der Waals surface area contributed by atoms with Crippen LogP contribution in [0.5, 0.6) is 17.2 Å². The van der Waals surface area contributed by atoms with E-state index < -0.39 is 12.2 Å². The lowest BCUT2D eigenvalue weighted by Crippen LogP contribution is -2.16. The molecule has 0 fully saturated rings. The van der Waals surface area contributed by atoms with Gasteiger partial charge in [0.2, 0.25) is 5.75 Å². The minimum Gasteiger partial charge on any atom is -0.502 e. The number of rotatable bonds is 5. The van der Waals surface area contributed by atoms with Gasteiger partial charge in [-0.2, -0.15) is 0 Å². The standard InChI is InChI=1S/C12H18O5/c1-7(13)12(17-4)8-5-9(15-2)11(14)10(6-8)16-3/h5-7,12-14H,1-4H3/t7-,12+/m1/s1. The molecule has 2 atom stereocenters. The van der Waals surface area contributed by atoms with Crippen LogP contribution in [0.1, 0.15) is 18.6 Å². The van der Waals surface area contributed by atoms with Gasteiger partial charge in [0.15, 0.2) is 11.5 Å². The SMILES string of the molecule is COc1cc([C@@H](OC)[C@@H](C)O)cc(OC)c1O. The molecule has 0 radical (unpaired) electrons. The number of methoxy groups -OCH3 is 3. The molecule has 1 aromatic carbocycles. The van der Waals surface area contributed by atoms with E-state index in [1.807, 2.05) is 0 Å². The van der Waals surface area contributed by atoms with Crippen LogP contribution in [0.2, 0.25) is 0 Å². The molecule has 0 heterocycles. The van der Waals surface area contributed by atoms with Gasteiger partial charge < -0.3 is 24.4 Å². The average molecular weight is 242 g/mol. The first-order valence-electron chi connectivity index (χ1n) is 5.20. The highest BCUT2D eigenvalue weighted by Gasteiger charge is 2.21. The first-order valence-corrected chi connectivity index (χ1v) is 5.20. The van der Waals surface area contributed by atoms with Crippen LogP contribution in [0.3, 0.4) is 0 Å². The number of aliphatic hydroxyl groups excluding tert-OH is 1. The van der Waals surface area contributed by atoms with Gasteiger partial charge in [-0.1, -0.05) is 0 Å². The lowest BCUT2D eigenvalue weighted by atomic mass is 10.0. The van der Waals surface area contributed by atoms with Crippen molar-refractivity contribution in [1.29, 1.82) is 0 Å². The van der Waals surface area contributed by atoms with Crippen LogP contribution in [0, 0.1) is 0 Å². The fourth-order valence-electron chi connectivity index (χ4n) is 1.69. The largest absolute Gasteiger partial charge is 0.502 e. The maximum atomic E-state index is 9.75. The molecule has 5 heteroatoms. The van der Waals surface area contributed by atoms with Crippen LogP contribution >= 0.6 is 0 Å². The number of benzene rings is 1. The van der Waals surface area contributed by atoms with Gasteiger partial charge >= 0.3 is 0 Å². The Balaban J connectivity index is 3.24. The van der Waals surface area contributed by atoms with E-state index >= 15 is 0 Å². The molecule has 0 saturated carbocycles. The fourth-order valence-corrected chi connectivity index (χ4v) is 1.69. The molecule has 0 aliphatic rings. The third-order valence-electron chi connectivity index (χ3n) is 2.52. The molecule has 17 heavy (non-hydrogen) atoms. The van der Waals surface area contributed by atoms with Gasteiger partial charge in [0, 0.05) is 7.11 Å². The normalized spacial score (nSPS) is 14.2. The highest BCUT2D eigenvalue weighted by molar-refractivity contribution is 5.53. The fraction of sp³-hybridized carbons (Fsp3) is 0.500. The van der Waals surface area contributed by atoms with E-state index in [1.54, 1.807) is 19.1 Å². The van der Waals surface area contributed by atoms with E-state index in [0.29, 0.717) is 5.56 Å². The zero-order valence-electron chi connectivity index (χ0n) is 10.4. The molecule has 5 nitrogen and oxygen atoms in total. The first kappa shape index (κ1) is 13.6. The summed E-state index contributed by atoms with van der Waals surface area (Å²) in [6.07, 6.45) is -1.18. The Bertz CT molecular complexity index is 350. The molecule has 0 aliphatic heterocycles. The minimum atomic E-state index is -0.682. The summed E-state index contributed by atoms with van der Waals surface area (Å²) >= 11 is 0. The molecule has 0 saturated heterocycles. The van der Waals surface area contributed by atoms with Crippen LogP contribution < -0.4 is 9.47 Å². The van der Waals surface area contributed by atoms with Crippen LogP contribution in [-0.2, 0) is 4.74 Å². The summed E-state index contributed by atoms with van der Waals surface area (Å²) in [5.74, 6) is 0.489. The molecule has 1 aromatic rings. The maximum Gasteiger partial charge on any atom is 0.200 e. The molecule has 1 rings (SSSR count). The second-order valence-corrected chi connectivity index (χ2v) is 3.67. The molecular weight excluding hydrogens is 224 g/mol. The summed E-state index contributed by atoms with van der Waals surface area (Å²) in [6, 6.07) is 3.22. The molecule has 0 unspecified atom stereocenters. The van der Waals surface area contributed by atoms with Gasteiger partial charge in [0.25, 0.3) is 0 Å². The number of phenols is 1. The predicted octanol–water partition coefficient (Wildman–Crippen LogP) is 1.48. The van der Waals surface area contributed by atoms with Gasteiger partial charge in [0.1, 0.15) is 6.10 Å². The predicted molar refractivity (Wildman–Crippen MR) is 62.6 cm³/mol. The second kappa shape index (κ2) is 5.75. The molecule has 0 spiro atoms. The average Bonchev–Trinajstić information content (AvgIpc) is 2.31. The Kier molecular flexibility index (Phi) is 4.60. The lowest BCUT2D eigenvalue weighted by molar-refractivity contribution is -0.00370. The summed E-state index contributed by atoms with van der Waals surface area (Å²) < 4.78 is 15.3. The number of aliphatic hydroxyl groups is 1. The summed E-state index contributed by atoms with van der Waals surface area (Å²) in [6.45, 7) is 1.62. The van der Waals surface area contributed by atoms with Gasteiger partial charge in [0.05, 0.1) is 20.3 Å². The summed E-state index contributed by atoms with van der Waals surface area (Å²) in [5.41, 5.74) is 0.675. The number of phenolic OH excluding ortho intramolecular Hbond substituents is 1. The zero-order chi connectivity index (χ0) is 13.0. The van der Waals surface area contributed by atoms with Crippen molar-refractivity contribution in [2.45, 2.75) is 19.1 Å².